The summed E-state index contributed by atoms with van der Waals surface area (Å²) in [5.41, 5.74) is -1.58. The number of nitriles is 1. The molecule has 0 radical (unpaired) electrons. The number of hydrogen-bond acceptors (Lipinski definition) is 6. The summed E-state index contributed by atoms with van der Waals surface area (Å²) >= 11 is 1.40. The van der Waals surface area contributed by atoms with E-state index in [0.717, 1.165) is 21.9 Å². The number of carbonyl (C=O) groups is 1. The third kappa shape index (κ3) is 5.76. The molecule has 2 aromatic rings. The van der Waals surface area contributed by atoms with Crippen molar-refractivity contribution in [2.24, 2.45) is 5.92 Å². The van der Waals surface area contributed by atoms with E-state index in [1.165, 1.54) is 23.7 Å². The standard InChI is InChI=1S/C21H21F3N4O2S/c1-13(2)7-18(30-16-4-3-14(9-25)17(8-16)21(22,23)24)20(29)26-12-28-6-5-19-15(11-28)10-27-31-19/h3-5,8,10-11,13,18H,6-7,12H2,1-2H3,(H,26,29). The van der Waals surface area contributed by atoms with Crippen LogP contribution in [-0.2, 0) is 11.0 Å². The minimum absolute atomic E-state index is 0.0746. The Kier molecular flexibility index (Phi) is 6.85. The molecule has 1 amide bonds. The number of hydrogen-bond donors (Lipinski definition) is 1. The van der Waals surface area contributed by atoms with E-state index in [9.17, 15) is 18.0 Å². The van der Waals surface area contributed by atoms with Crippen molar-refractivity contribution in [1.82, 2.24) is 14.6 Å². The van der Waals surface area contributed by atoms with Crippen LogP contribution in [0.25, 0.3) is 12.3 Å². The molecule has 10 heteroatoms. The van der Waals surface area contributed by atoms with E-state index in [-0.39, 0.29) is 18.3 Å². The number of benzene rings is 1. The third-order valence-corrected chi connectivity index (χ3v) is 5.40. The van der Waals surface area contributed by atoms with E-state index >= 15 is 0 Å². The second kappa shape index (κ2) is 9.39. The van der Waals surface area contributed by atoms with Gasteiger partial charge >= 0.3 is 6.18 Å². The van der Waals surface area contributed by atoms with Crippen LogP contribution in [0.2, 0.25) is 0 Å². The molecule has 3 rings (SSSR count). The zero-order valence-electron chi connectivity index (χ0n) is 16.9. The van der Waals surface area contributed by atoms with Gasteiger partial charge in [0.2, 0.25) is 0 Å². The average Bonchev–Trinajstić information content (AvgIpc) is 3.18. The Labute approximate surface area is 181 Å². The fourth-order valence-electron chi connectivity index (χ4n) is 3.09. The summed E-state index contributed by atoms with van der Waals surface area (Å²) in [6.45, 7) is 4.61. The second-order valence-electron chi connectivity index (χ2n) is 7.50. The highest BCUT2D eigenvalue weighted by Crippen LogP contribution is 2.34. The van der Waals surface area contributed by atoms with Gasteiger partial charge in [0.15, 0.2) is 6.10 Å². The number of carbonyl (C=O) groups excluding carboxylic acids is 1. The SMILES string of the molecule is CC(C)CC(Oc1ccc(C#N)c(C(F)(F)F)c1)C(=O)NCN1C=c2cnsc2=CC1. The molecule has 1 aliphatic heterocycles. The molecular formula is C21H21F3N4O2S. The molecule has 1 aromatic carbocycles. The van der Waals surface area contributed by atoms with Crippen LogP contribution in [0.5, 0.6) is 5.75 Å². The molecule has 0 bridgehead atoms. The number of nitrogens with one attached hydrogen (secondary N) is 1. The Bertz CT molecular complexity index is 1110. The summed E-state index contributed by atoms with van der Waals surface area (Å²) in [5.74, 6) is -0.459. The number of nitrogens with zero attached hydrogens (tertiary/aromatic N) is 3. The molecule has 6 nitrogen and oxygen atoms in total. The van der Waals surface area contributed by atoms with Crippen molar-refractivity contribution in [1.29, 1.82) is 5.26 Å². The second-order valence-corrected chi connectivity index (χ2v) is 8.34. The highest BCUT2D eigenvalue weighted by atomic mass is 32.1. The van der Waals surface area contributed by atoms with Crippen LogP contribution in [0, 0.1) is 17.2 Å². The van der Waals surface area contributed by atoms with Crippen LogP contribution >= 0.6 is 11.5 Å². The fourth-order valence-corrected chi connectivity index (χ4v) is 3.73. The number of ether oxygens (including phenoxy) is 1. The Balaban J connectivity index is 1.71. The van der Waals surface area contributed by atoms with E-state index in [1.54, 1.807) is 6.20 Å². The summed E-state index contributed by atoms with van der Waals surface area (Å²) in [4.78, 5) is 14.6. The Morgan fingerprint density at radius 3 is 2.87 bits per heavy atom. The van der Waals surface area contributed by atoms with E-state index in [1.807, 2.05) is 31.0 Å². The van der Waals surface area contributed by atoms with E-state index in [2.05, 4.69) is 9.69 Å². The zero-order chi connectivity index (χ0) is 22.6. The monoisotopic (exact) mass is 450 g/mol. The summed E-state index contributed by atoms with van der Waals surface area (Å²) in [7, 11) is 0. The molecule has 31 heavy (non-hydrogen) atoms. The third-order valence-electron chi connectivity index (χ3n) is 4.59. The largest absolute Gasteiger partial charge is 0.481 e. The summed E-state index contributed by atoms with van der Waals surface area (Å²) in [5, 5.41) is 12.7. The van der Waals surface area contributed by atoms with Gasteiger partial charge in [-0.15, -0.1) is 0 Å². The number of alkyl halides is 3. The molecule has 164 valence electrons. The van der Waals surface area contributed by atoms with Gasteiger partial charge in [0.05, 0.1) is 28.4 Å². The average molecular weight is 450 g/mol. The number of rotatable bonds is 7. The minimum atomic E-state index is -4.70. The number of halogens is 3. The number of aromatic nitrogens is 1. The summed E-state index contributed by atoms with van der Waals surface area (Å²) < 4.78 is 50.5. The number of amides is 1. The van der Waals surface area contributed by atoms with Gasteiger partial charge < -0.3 is 15.0 Å². The molecule has 1 atom stereocenters. The lowest BCUT2D eigenvalue weighted by Gasteiger charge is -2.24. The molecule has 0 spiro atoms. The van der Waals surface area contributed by atoms with E-state index < -0.39 is 29.3 Å². The van der Waals surface area contributed by atoms with Crippen LogP contribution < -0.4 is 19.8 Å². The highest BCUT2D eigenvalue weighted by Gasteiger charge is 2.34. The highest BCUT2D eigenvalue weighted by molar-refractivity contribution is 7.03. The minimum Gasteiger partial charge on any atom is -0.481 e. The lowest BCUT2D eigenvalue weighted by Crippen LogP contribution is -2.45. The molecule has 1 aromatic heterocycles. The van der Waals surface area contributed by atoms with Gasteiger partial charge in [0, 0.05) is 24.2 Å². The molecule has 1 aliphatic rings. The van der Waals surface area contributed by atoms with Crippen LogP contribution in [0.15, 0.2) is 24.4 Å². The first kappa shape index (κ1) is 22.6. The first-order valence-electron chi connectivity index (χ1n) is 9.60. The summed E-state index contributed by atoms with van der Waals surface area (Å²) in [6.07, 6.45) is 0.307. The van der Waals surface area contributed by atoms with Crippen molar-refractivity contribution in [3.8, 4) is 11.8 Å². The van der Waals surface area contributed by atoms with Crippen molar-refractivity contribution in [3.63, 3.8) is 0 Å². The molecule has 0 aliphatic carbocycles. The predicted molar refractivity (Wildman–Crippen MR) is 110 cm³/mol. The normalized spacial score (nSPS) is 14.2. The van der Waals surface area contributed by atoms with Crippen LogP contribution in [0.1, 0.15) is 31.4 Å². The van der Waals surface area contributed by atoms with Gasteiger partial charge in [-0.3, -0.25) is 4.79 Å². The topological polar surface area (TPSA) is 78.2 Å². The molecule has 1 unspecified atom stereocenters. The van der Waals surface area contributed by atoms with Gasteiger partial charge in [0.25, 0.3) is 5.91 Å². The first-order valence-corrected chi connectivity index (χ1v) is 10.4. The van der Waals surface area contributed by atoms with E-state index in [4.69, 9.17) is 10.00 Å². The molecular weight excluding hydrogens is 429 g/mol. The van der Waals surface area contributed by atoms with Gasteiger partial charge in [-0.25, -0.2) is 0 Å². The maximum Gasteiger partial charge on any atom is 0.417 e. The van der Waals surface area contributed by atoms with Gasteiger partial charge in [0.1, 0.15) is 5.75 Å². The lowest BCUT2D eigenvalue weighted by molar-refractivity contribution is -0.137. The molecule has 0 saturated carbocycles. The van der Waals surface area contributed by atoms with Gasteiger partial charge in [-0.2, -0.15) is 22.8 Å². The summed E-state index contributed by atoms with van der Waals surface area (Å²) in [6, 6.07) is 4.61. The van der Waals surface area contributed by atoms with Gasteiger partial charge in [-0.1, -0.05) is 13.8 Å². The van der Waals surface area contributed by atoms with Crippen molar-refractivity contribution in [2.75, 3.05) is 13.2 Å². The molecule has 0 saturated heterocycles. The van der Waals surface area contributed by atoms with Gasteiger partial charge in [-0.05, 0) is 48.1 Å². The first-order chi connectivity index (χ1) is 14.7. The Morgan fingerprint density at radius 2 is 2.19 bits per heavy atom. The Hall–Kier alpha value is -3.06. The maximum absolute atomic E-state index is 13.2. The maximum atomic E-state index is 13.2. The fraction of sp³-hybridized carbons (Fsp3) is 0.381. The van der Waals surface area contributed by atoms with Crippen molar-refractivity contribution in [2.45, 2.75) is 32.5 Å². The van der Waals surface area contributed by atoms with Crippen LogP contribution in [-0.4, -0.2) is 34.5 Å². The molecule has 2 heterocycles. The Morgan fingerprint density at radius 1 is 1.42 bits per heavy atom. The van der Waals surface area contributed by atoms with Crippen LogP contribution in [0.3, 0.4) is 0 Å². The predicted octanol–water partition coefficient (Wildman–Crippen LogP) is 2.44. The quantitative estimate of drug-likeness (QED) is 0.701. The zero-order valence-corrected chi connectivity index (χ0v) is 17.8. The lowest BCUT2D eigenvalue weighted by atomic mass is 10.0. The van der Waals surface area contributed by atoms with Crippen LogP contribution in [0.4, 0.5) is 13.2 Å². The smallest absolute Gasteiger partial charge is 0.417 e. The number of fused-ring (bicyclic) bond motifs is 1. The van der Waals surface area contributed by atoms with Crippen molar-refractivity contribution < 1.29 is 22.7 Å². The molecule has 1 N–H and O–H groups in total. The molecule has 0 fully saturated rings. The van der Waals surface area contributed by atoms with Crippen molar-refractivity contribution in [3.05, 3.63) is 45.3 Å². The van der Waals surface area contributed by atoms with E-state index in [0.29, 0.717) is 13.0 Å². The van der Waals surface area contributed by atoms with Crippen molar-refractivity contribution >= 4 is 29.7 Å².